The Morgan fingerprint density at radius 3 is 2.66 bits per heavy atom. The summed E-state index contributed by atoms with van der Waals surface area (Å²) in [6, 6.07) is 11.1. The minimum atomic E-state index is -0.603. The molecule has 1 aromatic heterocycles. The zero-order valence-electron chi connectivity index (χ0n) is 19.8. The van der Waals surface area contributed by atoms with Gasteiger partial charge >= 0.3 is 5.97 Å². The van der Waals surface area contributed by atoms with Crippen molar-refractivity contribution in [3.63, 3.8) is 0 Å². The van der Waals surface area contributed by atoms with E-state index in [2.05, 4.69) is 26.1 Å². The van der Waals surface area contributed by atoms with Crippen LogP contribution in [0.1, 0.15) is 48.8 Å². The Morgan fingerprint density at radius 1 is 1.23 bits per heavy atom. The van der Waals surface area contributed by atoms with E-state index < -0.39 is 23.4 Å². The van der Waals surface area contributed by atoms with Crippen LogP contribution in [0, 0.1) is 21.4 Å². The van der Waals surface area contributed by atoms with E-state index in [1.807, 2.05) is 24.3 Å². The normalized spacial score (nSPS) is 15.4. The minimum Gasteiger partial charge on any atom is -0.452 e. The number of esters is 1. The highest BCUT2D eigenvalue weighted by Crippen LogP contribution is 2.39. The van der Waals surface area contributed by atoms with Crippen LogP contribution in [0.4, 0.5) is 11.4 Å². The lowest BCUT2D eigenvalue weighted by atomic mass is 9.70. The fraction of sp³-hybridized carbons (Fsp3) is 0.346. The van der Waals surface area contributed by atoms with Gasteiger partial charge in [-0.3, -0.25) is 19.9 Å². The largest absolute Gasteiger partial charge is 0.452 e. The topological polar surface area (TPSA) is 111 Å². The molecule has 1 heterocycles. The molecule has 0 saturated carbocycles. The number of para-hydroxylation sites is 1. The molecule has 0 saturated heterocycles. The van der Waals surface area contributed by atoms with Crippen LogP contribution in [-0.4, -0.2) is 28.4 Å². The first-order chi connectivity index (χ1) is 16.5. The maximum atomic E-state index is 13.3. The van der Waals surface area contributed by atoms with E-state index >= 15 is 0 Å². The Morgan fingerprint density at radius 2 is 1.97 bits per heavy atom. The van der Waals surface area contributed by atoms with E-state index in [0.717, 1.165) is 35.7 Å². The van der Waals surface area contributed by atoms with E-state index in [-0.39, 0.29) is 21.8 Å². The fourth-order valence-electron chi connectivity index (χ4n) is 4.47. The Bertz CT molecular complexity index is 1330. The Labute approximate surface area is 207 Å². The summed E-state index contributed by atoms with van der Waals surface area (Å²) in [4.78, 5) is 40.9. The van der Waals surface area contributed by atoms with Crippen LogP contribution in [0.2, 0.25) is 5.02 Å². The molecule has 35 heavy (non-hydrogen) atoms. The lowest BCUT2D eigenvalue weighted by molar-refractivity contribution is -0.384. The van der Waals surface area contributed by atoms with Gasteiger partial charge in [0.15, 0.2) is 6.61 Å². The second-order valence-corrected chi connectivity index (χ2v) is 10.2. The van der Waals surface area contributed by atoms with Crippen LogP contribution in [0.25, 0.3) is 10.9 Å². The van der Waals surface area contributed by atoms with Gasteiger partial charge in [0.25, 0.3) is 11.6 Å². The molecule has 8 nitrogen and oxygen atoms in total. The number of rotatable bonds is 5. The third-order valence-electron chi connectivity index (χ3n) is 6.46. The molecular formula is C26H26ClN3O5. The molecule has 0 aliphatic heterocycles. The first-order valence-electron chi connectivity index (χ1n) is 11.4. The average Bonchev–Trinajstić information content (AvgIpc) is 2.81. The summed E-state index contributed by atoms with van der Waals surface area (Å²) < 4.78 is 5.43. The second kappa shape index (κ2) is 9.62. The molecule has 1 N–H and O–H groups in total. The number of hydrogen-bond donors (Lipinski definition) is 1. The molecule has 0 radical (unpaired) electrons. The molecule has 1 amide bonds. The van der Waals surface area contributed by atoms with Gasteiger partial charge in [-0.15, -0.1) is 0 Å². The van der Waals surface area contributed by atoms with E-state index in [9.17, 15) is 19.7 Å². The number of carbonyl (C=O) groups is 2. The standard InChI is InChI=1S/C26H26ClN3O5/c1-26(2,3)15-8-10-21-18(12-15)24(17-6-4-5-7-20(17)28-21)25(32)35-14-23(31)29-22-11-9-16(30(33)34)13-19(22)27/h4-7,9,11,13,15H,8,10,12,14H2,1-3H3,(H,29,31). The highest BCUT2D eigenvalue weighted by Gasteiger charge is 2.33. The molecule has 4 rings (SSSR count). The van der Waals surface area contributed by atoms with Crippen molar-refractivity contribution in [2.75, 3.05) is 11.9 Å². The zero-order chi connectivity index (χ0) is 25.3. The molecule has 1 atom stereocenters. The molecule has 9 heteroatoms. The lowest BCUT2D eigenvalue weighted by Gasteiger charge is -2.35. The van der Waals surface area contributed by atoms with Crippen LogP contribution in [0.15, 0.2) is 42.5 Å². The summed E-state index contributed by atoms with van der Waals surface area (Å²) in [5.41, 5.74) is 3.04. The highest BCUT2D eigenvalue weighted by molar-refractivity contribution is 6.34. The summed E-state index contributed by atoms with van der Waals surface area (Å²) in [6.45, 7) is 6.06. The molecule has 182 valence electrons. The number of nitrogens with one attached hydrogen (secondary N) is 1. The third kappa shape index (κ3) is 5.27. The number of carbonyl (C=O) groups excluding carboxylic acids is 2. The van der Waals surface area contributed by atoms with Gasteiger partial charge in [-0.25, -0.2) is 4.79 Å². The van der Waals surface area contributed by atoms with E-state index in [0.29, 0.717) is 23.3 Å². The van der Waals surface area contributed by atoms with Gasteiger partial charge < -0.3 is 10.1 Å². The monoisotopic (exact) mass is 495 g/mol. The van der Waals surface area contributed by atoms with Crippen molar-refractivity contribution in [1.29, 1.82) is 0 Å². The predicted octanol–water partition coefficient (Wildman–Crippen LogP) is 5.74. The van der Waals surface area contributed by atoms with Gasteiger partial charge in [0, 0.05) is 23.2 Å². The number of nitro groups is 1. The minimum absolute atomic E-state index is 0.0151. The fourth-order valence-corrected chi connectivity index (χ4v) is 4.69. The number of nitrogens with zero attached hydrogens (tertiary/aromatic N) is 2. The number of ether oxygens (including phenoxy) is 1. The number of aromatic nitrogens is 1. The number of aryl methyl sites for hydroxylation is 1. The van der Waals surface area contributed by atoms with Gasteiger partial charge in [0.2, 0.25) is 0 Å². The molecular weight excluding hydrogens is 470 g/mol. The molecule has 0 bridgehead atoms. The van der Waals surface area contributed by atoms with Crippen LogP contribution in [0.3, 0.4) is 0 Å². The quantitative estimate of drug-likeness (QED) is 0.274. The SMILES string of the molecule is CC(C)(C)C1CCc2nc3ccccc3c(C(=O)OCC(=O)Nc3ccc([N+](=O)[O-])cc3Cl)c2C1. The molecule has 0 spiro atoms. The number of amides is 1. The maximum absolute atomic E-state index is 13.3. The molecule has 0 fully saturated rings. The first-order valence-corrected chi connectivity index (χ1v) is 11.7. The van der Waals surface area contributed by atoms with Crippen molar-refractivity contribution in [1.82, 2.24) is 4.98 Å². The number of anilines is 1. The zero-order valence-corrected chi connectivity index (χ0v) is 20.5. The summed E-state index contributed by atoms with van der Waals surface area (Å²) in [5, 5.41) is 14.1. The molecule has 1 unspecified atom stereocenters. The lowest BCUT2D eigenvalue weighted by Crippen LogP contribution is -2.29. The number of non-ortho nitro benzene ring substituents is 1. The molecule has 1 aliphatic carbocycles. The van der Waals surface area contributed by atoms with Gasteiger partial charge in [-0.05, 0) is 48.3 Å². The van der Waals surface area contributed by atoms with E-state index in [1.54, 1.807) is 0 Å². The smallest absolute Gasteiger partial charge is 0.339 e. The third-order valence-corrected chi connectivity index (χ3v) is 6.77. The molecule has 2 aromatic carbocycles. The van der Waals surface area contributed by atoms with Crippen LogP contribution in [-0.2, 0) is 22.4 Å². The van der Waals surface area contributed by atoms with Gasteiger partial charge in [-0.2, -0.15) is 0 Å². The Hall–Kier alpha value is -3.52. The summed E-state index contributed by atoms with van der Waals surface area (Å²) in [5.74, 6) is -0.801. The van der Waals surface area contributed by atoms with Crippen LogP contribution < -0.4 is 5.32 Å². The van der Waals surface area contributed by atoms with Gasteiger partial charge in [0.1, 0.15) is 0 Å². The number of nitro benzene ring substituents is 1. The van der Waals surface area contributed by atoms with Crippen molar-refractivity contribution in [3.05, 3.63) is 74.4 Å². The second-order valence-electron chi connectivity index (χ2n) is 9.78. The summed E-state index contributed by atoms with van der Waals surface area (Å²) >= 11 is 6.04. The van der Waals surface area contributed by atoms with Gasteiger partial charge in [0.05, 0.1) is 26.7 Å². The Kier molecular flexibility index (Phi) is 6.76. The summed E-state index contributed by atoms with van der Waals surface area (Å²) in [7, 11) is 0. The number of hydrogen-bond acceptors (Lipinski definition) is 6. The number of benzene rings is 2. The maximum Gasteiger partial charge on any atom is 0.339 e. The van der Waals surface area contributed by atoms with Crippen molar-refractivity contribution >= 4 is 45.8 Å². The first kappa shape index (κ1) is 24.6. The highest BCUT2D eigenvalue weighted by atomic mass is 35.5. The summed E-state index contributed by atoms with van der Waals surface area (Å²) in [6.07, 6.45) is 2.49. The van der Waals surface area contributed by atoms with Crippen molar-refractivity contribution in [3.8, 4) is 0 Å². The Balaban J connectivity index is 1.56. The molecule has 3 aromatic rings. The van der Waals surface area contributed by atoms with Crippen LogP contribution >= 0.6 is 11.6 Å². The number of pyridine rings is 1. The van der Waals surface area contributed by atoms with Crippen molar-refractivity contribution < 1.29 is 19.2 Å². The van der Waals surface area contributed by atoms with Crippen molar-refractivity contribution in [2.24, 2.45) is 11.3 Å². The van der Waals surface area contributed by atoms with Gasteiger partial charge in [-0.1, -0.05) is 50.6 Å². The molecule has 1 aliphatic rings. The van der Waals surface area contributed by atoms with E-state index in [1.165, 1.54) is 12.1 Å². The van der Waals surface area contributed by atoms with E-state index in [4.69, 9.17) is 21.3 Å². The van der Waals surface area contributed by atoms with Crippen LogP contribution in [0.5, 0.6) is 0 Å². The predicted molar refractivity (Wildman–Crippen MR) is 134 cm³/mol. The number of halogens is 1. The number of fused-ring (bicyclic) bond motifs is 2. The van der Waals surface area contributed by atoms with Crippen molar-refractivity contribution in [2.45, 2.75) is 40.0 Å². The average molecular weight is 496 g/mol.